The van der Waals surface area contributed by atoms with Gasteiger partial charge in [-0.1, -0.05) is 0 Å². The molecular weight excluding hydrogens is 158 g/mol. The summed E-state index contributed by atoms with van der Waals surface area (Å²) in [5.41, 5.74) is 5.55. The lowest BCUT2D eigenvalue weighted by Crippen LogP contribution is -2.09. The fourth-order valence-corrected chi connectivity index (χ4v) is 0.695. The van der Waals surface area contributed by atoms with Crippen LogP contribution in [0.3, 0.4) is 0 Å². The Hall–Kier alpha value is -1.38. The van der Waals surface area contributed by atoms with E-state index in [-0.39, 0.29) is 18.4 Å². The van der Waals surface area contributed by atoms with Crippen LogP contribution in [-0.4, -0.2) is 15.3 Å². The van der Waals surface area contributed by atoms with Crippen LogP contribution in [0.1, 0.15) is 24.2 Å². The number of terminal acetylenes is 1. The standard InChI is InChI=1S/C7H9N3O2/c1-2-3-5(8)7-10-9-6(4-11)12-7/h1,5,11H,3-4,8H2. The summed E-state index contributed by atoms with van der Waals surface area (Å²) in [6.45, 7) is -0.282. The number of nitrogens with zero attached hydrogens (tertiary/aromatic N) is 2. The van der Waals surface area contributed by atoms with Gasteiger partial charge in [0, 0.05) is 6.42 Å². The molecule has 0 saturated carbocycles. The van der Waals surface area contributed by atoms with Crippen LogP contribution in [0.2, 0.25) is 0 Å². The Morgan fingerprint density at radius 2 is 2.42 bits per heavy atom. The number of aliphatic hydroxyl groups is 1. The van der Waals surface area contributed by atoms with Gasteiger partial charge < -0.3 is 15.3 Å². The second kappa shape index (κ2) is 3.85. The highest BCUT2D eigenvalue weighted by Crippen LogP contribution is 2.11. The van der Waals surface area contributed by atoms with Gasteiger partial charge in [-0.2, -0.15) is 0 Å². The van der Waals surface area contributed by atoms with E-state index >= 15 is 0 Å². The minimum absolute atomic E-state index is 0.150. The minimum atomic E-state index is -0.442. The second-order valence-electron chi connectivity index (χ2n) is 2.21. The molecule has 1 aromatic rings. The highest BCUT2D eigenvalue weighted by molar-refractivity contribution is 4.96. The van der Waals surface area contributed by atoms with Crippen molar-refractivity contribution in [3.05, 3.63) is 11.8 Å². The summed E-state index contributed by atoms with van der Waals surface area (Å²) in [7, 11) is 0. The Morgan fingerprint density at radius 3 is 2.92 bits per heavy atom. The van der Waals surface area contributed by atoms with Crippen molar-refractivity contribution in [1.29, 1.82) is 0 Å². The van der Waals surface area contributed by atoms with E-state index in [0.29, 0.717) is 6.42 Å². The first kappa shape index (κ1) is 8.71. The number of hydrogen-bond acceptors (Lipinski definition) is 5. The molecule has 0 aromatic carbocycles. The molecule has 3 N–H and O–H groups in total. The third-order valence-electron chi connectivity index (χ3n) is 1.27. The molecule has 5 heteroatoms. The molecule has 0 bridgehead atoms. The van der Waals surface area contributed by atoms with Gasteiger partial charge in [-0.3, -0.25) is 0 Å². The molecule has 0 aliphatic rings. The van der Waals surface area contributed by atoms with Gasteiger partial charge in [0.25, 0.3) is 0 Å². The molecule has 1 heterocycles. The zero-order valence-electron chi connectivity index (χ0n) is 6.40. The van der Waals surface area contributed by atoms with Crippen LogP contribution < -0.4 is 5.73 Å². The van der Waals surface area contributed by atoms with E-state index in [9.17, 15) is 0 Å². The highest BCUT2D eigenvalue weighted by Gasteiger charge is 2.12. The maximum absolute atomic E-state index is 8.59. The summed E-state index contributed by atoms with van der Waals surface area (Å²) in [5.74, 6) is 2.79. The van der Waals surface area contributed by atoms with Crippen LogP contribution in [-0.2, 0) is 6.61 Å². The molecule has 0 amide bonds. The predicted octanol–water partition coefficient (Wildman–Crippen LogP) is -0.415. The van der Waals surface area contributed by atoms with Crippen LogP contribution in [0, 0.1) is 12.3 Å². The van der Waals surface area contributed by atoms with E-state index in [2.05, 4.69) is 16.1 Å². The summed E-state index contributed by atoms with van der Waals surface area (Å²) in [6, 6.07) is -0.442. The molecular formula is C7H9N3O2. The van der Waals surface area contributed by atoms with E-state index in [1.54, 1.807) is 0 Å². The van der Waals surface area contributed by atoms with Crippen molar-refractivity contribution >= 4 is 0 Å². The van der Waals surface area contributed by atoms with E-state index < -0.39 is 6.04 Å². The van der Waals surface area contributed by atoms with Gasteiger partial charge in [-0.05, 0) is 0 Å². The summed E-state index contributed by atoms with van der Waals surface area (Å²) in [5, 5.41) is 15.7. The molecule has 0 aliphatic carbocycles. The third kappa shape index (κ3) is 1.81. The molecule has 12 heavy (non-hydrogen) atoms. The quantitative estimate of drug-likeness (QED) is 0.597. The largest absolute Gasteiger partial charge is 0.421 e. The first-order chi connectivity index (χ1) is 5.77. The summed E-state index contributed by atoms with van der Waals surface area (Å²) < 4.78 is 4.95. The SMILES string of the molecule is C#CCC(N)c1nnc(CO)o1. The van der Waals surface area contributed by atoms with Gasteiger partial charge in [0.15, 0.2) is 0 Å². The maximum atomic E-state index is 8.59. The van der Waals surface area contributed by atoms with Crippen molar-refractivity contribution in [1.82, 2.24) is 10.2 Å². The number of aliphatic hydroxyl groups excluding tert-OH is 1. The molecule has 1 rings (SSSR count). The fourth-order valence-electron chi connectivity index (χ4n) is 0.695. The predicted molar refractivity (Wildman–Crippen MR) is 40.6 cm³/mol. The fraction of sp³-hybridized carbons (Fsp3) is 0.429. The molecule has 0 radical (unpaired) electrons. The summed E-state index contributed by atoms with van der Waals surface area (Å²) in [4.78, 5) is 0. The molecule has 1 atom stereocenters. The Bertz CT molecular complexity index is 289. The number of aromatic nitrogens is 2. The minimum Gasteiger partial charge on any atom is -0.421 e. The average molecular weight is 167 g/mol. The van der Waals surface area contributed by atoms with Crippen molar-refractivity contribution in [3.8, 4) is 12.3 Å². The molecule has 1 aromatic heterocycles. The van der Waals surface area contributed by atoms with Crippen LogP contribution in [0.15, 0.2) is 4.42 Å². The van der Waals surface area contributed by atoms with Crippen LogP contribution in [0.25, 0.3) is 0 Å². The molecule has 0 saturated heterocycles. The lowest BCUT2D eigenvalue weighted by Gasteiger charge is -1.99. The number of hydrogen-bond donors (Lipinski definition) is 2. The monoisotopic (exact) mass is 167 g/mol. The lowest BCUT2D eigenvalue weighted by atomic mass is 10.2. The summed E-state index contributed by atoms with van der Waals surface area (Å²) in [6.07, 6.45) is 5.38. The molecule has 0 spiro atoms. The van der Waals surface area contributed by atoms with Gasteiger partial charge in [0.05, 0.1) is 6.04 Å². The van der Waals surface area contributed by atoms with Gasteiger partial charge in [-0.25, -0.2) is 0 Å². The van der Waals surface area contributed by atoms with Crippen molar-refractivity contribution in [2.45, 2.75) is 19.1 Å². The van der Waals surface area contributed by atoms with Crippen LogP contribution in [0.5, 0.6) is 0 Å². The Kier molecular flexibility index (Phi) is 2.80. The average Bonchev–Trinajstić information content (AvgIpc) is 2.52. The smallest absolute Gasteiger partial charge is 0.241 e. The van der Waals surface area contributed by atoms with E-state index in [0.717, 1.165) is 0 Å². The topological polar surface area (TPSA) is 85.2 Å². The van der Waals surface area contributed by atoms with Crippen LogP contribution >= 0.6 is 0 Å². The molecule has 1 unspecified atom stereocenters. The van der Waals surface area contributed by atoms with Gasteiger partial charge in [0.1, 0.15) is 6.61 Å². The molecule has 5 nitrogen and oxygen atoms in total. The van der Waals surface area contributed by atoms with E-state index in [1.165, 1.54) is 0 Å². The zero-order valence-corrected chi connectivity index (χ0v) is 6.40. The molecule has 0 fully saturated rings. The number of nitrogens with two attached hydrogens (primary N) is 1. The molecule has 64 valence electrons. The number of rotatable bonds is 3. The van der Waals surface area contributed by atoms with E-state index in [4.69, 9.17) is 21.7 Å². The van der Waals surface area contributed by atoms with Crippen molar-refractivity contribution in [2.75, 3.05) is 0 Å². The van der Waals surface area contributed by atoms with Gasteiger partial charge in [-0.15, -0.1) is 22.5 Å². The van der Waals surface area contributed by atoms with Crippen molar-refractivity contribution in [2.24, 2.45) is 5.73 Å². The normalized spacial score (nSPS) is 12.4. The highest BCUT2D eigenvalue weighted by atomic mass is 16.4. The van der Waals surface area contributed by atoms with Gasteiger partial charge in [0.2, 0.25) is 11.8 Å². The van der Waals surface area contributed by atoms with E-state index in [1.807, 2.05) is 0 Å². The molecule has 0 aliphatic heterocycles. The Morgan fingerprint density at radius 1 is 1.67 bits per heavy atom. The first-order valence-corrected chi connectivity index (χ1v) is 3.40. The lowest BCUT2D eigenvalue weighted by molar-refractivity contribution is 0.234. The van der Waals surface area contributed by atoms with Crippen molar-refractivity contribution < 1.29 is 9.52 Å². The Labute approximate surface area is 69.6 Å². The van der Waals surface area contributed by atoms with Gasteiger partial charge >= 0.3 is 0 Å². The maximum Gasteiger partial charge on any atom is 0.241 e. The summed E-state index contributed by atoms with van der Waals surface area (Å²) >= 11 is 0. The zero-order chi connectivity index (χ0) is 8.97. The Balaban J connectivity index is 2.69. The van der Waals surface area contributed by atoms with Crippen molar-refractivity contribution in [3.63, 3.8) is 0 Å². The third-order valence-corrected chi connectivity index (χ3v) is 1.27. The second-order valence-corrected chi connectivity index (χ2v) is 2.21. The van der Waals surface area contributed by atoms with Crippen LogP contribution in [0.4, 0.5) is 0 Å². The first-order valence-electron chi connectivity index (χ1n) is 3.40.